The van der Waals surface area contributed by atoms with Crippen molar-refractivity contribution in [2.45, 2.75) is 21.1 Å². The fourth-order valence-corrected chi connectivity index (χ4v) is 5.14. The number of carbonyl (C=O) groups excluding carboxylic acids is 2. The van der Waals surface area contributed by atoms with E-state index in [0.29, 0.717) is 33.9 Å². The van der Waals surface area contributed by atoms with Crippen molar-refractivity contribution in [3.8, 4) is 0 Å². The summed E-state index contributed by atoms with van der Waals surface area (Å²) < 4.78 is 0. The minimum atomic E-state index is -0.248. The second kappa shape index (κ2) is 12.0. The first kappa shape index (κ1) is 25.0. The van der Waals surface area contributed by atoms with E-state index in [1.165, 1.54) is 0 Å². The number of rotatable bonds is 10. The Morgan fingerprint density at radius 1 is 0.657 bits per heavy atom. The van der Waals surface area contributed by atoms with E-state index in [2.05, 4.69) is 0 Å². The Kier molecular flexibility index (Phi) is 8.59. The molecule has 3 nitrogen and oxygen atoms in total. The number of nitrogens with one attached hydrogen (secondary N) is 1. The minimum Gasteiger partial charge on any atom is -0.301 e. The summed E-state index contributed by atoms with van der Waals surface area (Å²) in [7, 11) is 0. The topological polar surface area (TPSA) is 58.0 Å². The first-order valence-corrected chi connectivity index (χ1v) is 13.2. The molecule has 0 aromatic heterocycles. The van der Waals surface area contributed by atoms with Crippen LogP contribution in [0.4, 0.5) is 0 Å². The SMILES string of the molecule is N=C(CCSc1ccc(Cl)cc1)C(=O)c1ccc(Sc2ccc(C(=O)c3ccccc3)cc2)cc1. The number of hydrogen-bond acceptors (Lipinski definition) is 5. The van der Waals surface area contributed by atoms with Crippen LogP contribution in [0.25, 0.3) is 0 Å². The van der Waals surface area contributed by atoms with Gasteiger partial charge >= 0.3 is 0 Å². The van der Waals surface area contributed by atoms with Crippen LogP contribution in [0.15, 0.2) is 118 Å². The van der Waals surface area contributed by atoms with E-state index in [1.54, 1.807) is 35.7 Å². The van der Waals surface area contributed by atoms with Gasteiger partial charge in [0.15, 0.2) is 5.78 Å². The van der Waals surface area contributed by atoms with E-state index in [1.807, 2.05) is 91.0 Å². The zero-order valence-corrected chi connectivity index (χ0v) is 21.1. The van der Waals surface area contributed by atoms with Crippen LogP contribution in [0, 0.1) is 5.41 Å². The molecule has 0 spiro atoms. The Bertz CT molecular complexity index is 1320. The number of Topliss-reactive ketones (excluding diaryl/α,β-unsaturated/α-hetero) is 1. The molecule has 4 rings (SSSR count). The fraction of sp³-hybridized carbons (Fsp3) is 0.0690. The molecule has 4 aromatic rings. The van der Waals surface area contributed by atoms with Gasteiger partial charge in [-0.3, -0.25) is 9.59 Å². The molecular weight excluding hydrogens is 494 g/mol. The van der Waals surface area contributed by atoms with Gasteiger partial charge in [0.05, 0.1) is 5.71 Å². The van der Waals surface area contributed by atoms with Crippen molar-refractivity contribution < 1.29 is 9.59 Å². The molecule has 0 atom stereocenters. The van der Waals surface area contributed by atoms with Crippen LogP contribution in [0.5, 0.6) is 0 Å². The van der Waals surface area contributed by atoms with Gasteiger partial charge in [0, 0.05) is 48.6 Å². The molecule has 0 fully saturated rings. The summed E-state index contributed by atoms with van der Waals surface area (Å²) in [5, 5.41) is 8.85. The van der Waals surface area contributed by atoms with Crippen molar-refractivity contribution in [2.75, 3.05) is 5.75 Å². The summed E-state index contributed by atoms with van der Waals surface area (Å²) in [5.41, 5.74) is 1.93. The zero-order chi connectivity index (χ0) is 24.6. The zero-order valence-electron chi connectivity index (χ0n) is 18.7. The van der Waals surface area contributed by atoms with E-state index in [4.69, 9.17) is 17.0 Å². The second-order valence-electron chi connectivity index (χ2n) is 7.71. The van der Waals surface area contributed by atoms with Crippen molar-refractivity contribution in [1.82, 2.24) is 0 Å². The third-order valence-corrected chi connectivity index (χ3v) is 7.49. The lowest BCUT2D eigenvalue weighted by molar-refractivity contribution is 0.103. The highest BCUT2D eigenvalue weighted by Crippen LogP contribution is 2.28. The van der Waals surface area contributed by atoms with Crippen molar-refractivity contribution in [2.24, 2.45) is 0 Å². The fourth-order valence-electron chi connectivity index (χ4n) is 3.33. The Morgan fingerprint density at radius 2 is 1.17 bits per heavy atom. The van der Waals surface area contributed by atoms with Gasteiger partial charge < -0.3 is 5.41 Å². The minimum absolute atomic E-state index is 0.000899. The molecule has 174 valence electrons. The number of hydrogen-bond donors (Lipinski definition) is 1. The van der Waals surface area contributed by atoms with Crippen LogP contribution in [-0.2, 0) is 0 Å². The molecule has 1 N–H and O–H groups in total. The molecule has 0 aliphatic rings. The van der Waals surface area contributed by atoms with Crippen LogP contribution in [0.1, 0.15) is 32.7 Å². The Hall–Kier alpha value is -3.12. The van der Waals surface area contributed by atoms with Gasteiger partial charge in [-0.05, 0) is 72.8 Å². The van der Waals surface area contributed by atoms with Crippen molar-refractivity contribution in [3.05, 3.63) is 125 Å². The van der Waals surface area contributed by atoms with Gasteiger partial charge in [0.2, 0.25) is 5.78 Å². The maximum Gasteiger partial charge on any atom is 0.206 e. The largest absolute Gasteiger partial charge is 0.301 e. The van der Waals surface area contributed by atoms with Gasteiger partial charge in [-0.1, -0.05) is 53.7 Å². The van der Waals surface area contributed by atoms with Crippen LogP contribution >= 0.6 is 35.1 Å². The molecule has 0 aliphatic carbocycles. The molecule has 0 bridgehead atoms. The van der Waals surface area contributed by atoms with Crippen LogP contribution in [0.3, 0.4) is 0 Å². The summed E-state index contributed by atoms with van der Waals surface area (Å²) in [6.45, 7) is 0. The third kappa shape index (κ3) is 6.95. The van der Waals surface area contributed by atoms with E-state index in [0.717, 1.165) is 14.7 Å². The van der Waals surface area contributed by atoms with E-state index in [-0.39, 0.29) is 17.3 Å². The molecule has 0 unspecified atom stereocenters. The molecule has 0 saturated heterocycles. The van der Waals surface area contributed by atoms with Gasteiger partial charge in [-0.25, -0.2) is 0 Å². The molecular formula is C29H22ClNO2S2. The lowest BCUT2D eigenvalue weighted by Crippen LogP contribution is -2.13. The summed E-state index contributed by atoms with van der Waals surface area (Å²) >= 11 is 9.05. The monoisotopic (exact) mass is 515 g/mol. The Morgan fingerprint density at radius 3 is 1.77 bits per heavy atom. The summed E-state index contributed by atoms with van der Waals surface area (Å²) in [5.74, 6) is 0.407. The molecule has 0 aliphatic heterocycles. The average molecular weight is 516 g/mol. The lowest BCUT2D eigenvalue weighted by atomic mass is 10.0. The normalized spacial score (nSPS) is 10.7. The van der Waals surface area contributed by atoms with Gasteiger partial charge in [-0.2, -0.15) is 0 Å². The van der Waals surface area contributed by atoms with E-state index in [9.17, 15) is 9.59 Å². The number of thioether (sulfide) groups is 1. The number of carbonyl (C=O) groups is 2. The highest BCUT2D eigenvalue weighted by molar-refractivity contribution is 7.99. The smallest absolute Gasteiger partial charge is 0.206 e. The van der Waals surface area contributed by atoms with Gasteiger partial charge in [0.1, 0.15) is 0 Å². The highest BCUT2D eigenvalue weighted by Gasteiger charge is 2.13. The summed E-state index contributed by atoms with van der Waals surface area (Å²) in [6.07, 6.45) is 0.399. The van der Waals surface area contributed by atoms with E-state index >= 15 is 0 Å². The Balaban J connectivity index is 1.30. The molecule has 0 heterocycles. The summed E-state index contributed by atoms with van der Waals surface area (Å²) in [4.78, 5) is 28.2. The van der Waals surface area contributed by atoms with Crippen molar-refractivity contribution >= 4 is 52.4 Å². The highest BCUT2D eigenvalue weighted by atomic mass is 35.5. The van der Waals surface area contributed by atoms with Gasteiger partial charge in [-0.15, -0.1) is 11.8 Å². The Labute approximate surface area is 218 Å². The predicted octanol–water partition coefficient (Wildman–Crippen LogP) is 8.11. The van der Waals surface area contributed by atoms with Gasteiger partial charge in [0.25, 0.3) is 0 Å². The first-order valence-electron chi connectivity index (χ1n) is 11.0. The third-order valence-electron chi connectivity index (χ3n) is 5.21. The van der Waals surface area contributed by atoms with E-state index < -0.39 is 0 Å². The molecule has 0 saturated carbocycles. The molecule has 4 aromatic carbocycles. The molecule has 6 heteroatoms. The lowest BCUT2D eigenvalue weighted by Gasteiger charge is -2.07. The standard InChI is InChI=1S/C29H22ClNO2S2/c30-23-10-16-24(17-11-23)34-19-18-27(31)29(33)22-8-14-26(15-9-22)35-25-12-6-21(7-13-25)28(32)20-4-2-1-3-5-20/h1-17,31H,18-19H2. The molecule has 0 radical (unpaired) electrons. The van der Waals surface area contributed by atoms with Crippen LogP contribution < -0.4 is 0 Å². The second-order valence-corrected chi connectivity index (χ2v) is 10.5. The van der Waals surface area contributed by atoms with Crippen LogP contribution in [0.2, 0.25) is 5.02 Å². The van der Waals surface area contributed by atoms with Crippen LogP contribution in [-0.4, -0.2) is 23.0 Å². The maximum atomic E-state index is 12.6. The number of ketones is 2. The molecule has 35 heavy (non-hydrogen) atoms. The van der Waals surface area contributed by atoms with Crippen molar-refractivity contribution in [3.63, 3.8) is 0 Å². The number of benzene rings is 4. The first-order chi connectivity index (χ1) is 17.0. The predicted molar refractivity (Wildman–Crippen MR) is 146 cm³/mol. The average Bonchev–Trinajstić information content (AvgIpc) is 2.90. The number of halogens is 1. The summed E-state index contributed by atoms with van der Waals surface area (Å²) in [6, 6.07) is 31.6. The van der Waals surface area contributed by atoms with Crippen molar-refractivity contribution in [1.29, 1.82) is 5.41 Å². The molecule has 0 amide bonds. The quantitative estimate of drug-likeness (QED) is 0.132. The maximum absolute atomic E-state index is 12.6.